The number of nitrogens with zero attached hydrogens (tertiary/aromatic N) is 2. The van der Waals surface area contributed by atoms with E-state index in [1.54, 1.807) is 12.3 Å². The highest BCUT2D eigenvalue weighted by Crippen LogP contribution is 2.21. The van der Waals surface area contributed by atoms with Crippen molar-refractivity contribution in [1.29, 1.82) is 5.26 Å². The SMILES string of the molecule is COc1ccc(C(=O)OCC(=O)[C@@H](C#N)c2nc(C)cs2)cc1F. The lowest BCUT2D eigenvalue weighted by Gasteiger charge is -2.08. The predicted molar refractivity (Wildman–Crippen MR) is 83.4 cm³/mol. The van der Waals surface area contributed by atoms with Crippen molar-refractivity contribution in [3.8, 4) is 11.8 Å². The summed E-state index contributed by atoms with van der Waals surface area (Å²) >= 11 is 1.19. The average molecular weight is 348 g/mol. The quantitative estimate of drug-likeness (QED) is 0.746. The summed E-state index contributed by atoms with van der Waals surface area (Å²) in [5.41, 5.74) is 0.647. The molecular formula is C16H13FN2O4S. The Kier molecular flexibility index (Phi) is 5.60. The van der Waals surface area contributed by atoms with Crippen LogP contribution in [0.15, 0.2) is 23.6 Å². The van der Waals surface area contributed by atoms with Crippen LogP contribution in [0.4, 0.5) is 4.39 Å². The van der Waals surface area contributed by atoms with Gasteiger partial charge in [-0.3, -0.25) is 4.79 Å². The summed E-state index contributed by atoms with van der Waals surface area (Å²) < 4.78 is 23.2. The van der Waals surface area contributed by atoms with Gasteiger partial charge in [-0.15, -0.1) is 11.3 Å². The topological polar surface area (TPSA) is 89.3 Å². The van der Waals surface area contributed by atoms with Gasteiger partial charge >= 0.3 is 5.97 Å². The number of halogens is 1. The van der Waals surface area contributed by atoms with Crippen molar-refractivity contribution in [1.82, 2.24) is 4.98 Å². The molecule has 8 heteroatoms. The van der Waals surface area contributed by atoms with Crippen LogP contribution in [0.3, 0.4) is 0 Å². The fraction of sp³-hybridized carbons (Fsp3) is 0.250. The number of hydrogen-bond donors (Lipinski definition) is 0. The van der Waals surface area contributed by atoms with Crippen molar-refractivity contribution in [2.45, 2.75) is 12.8 Å². The third-order valence-corrected chi connectivity index (χ3v) is 4.10. The third kappa shape index (κ3) is 3.94. The van der Waals surface area contributed by atoms with Gasteiger partial charge in [0.25, 0.3) is 0 Å². The highest BCUT2D eigenvalue weighted by Gasteiger charge is 2.24. The number of thiazole rings is 1. The Labute approximate surface area is 141 Å². The lowest BCUT2D eigenvalue weighted by Crippen LogP contribution is -2.20. The molecule has 24 heavy (non-hydrogen) atoms. The summed E-state index contributed by atoms with van der Waals surface area (Å²) in [6.45, 7) is 1.15. The van der Waals surface area contributed by atoms with Crippen LogP contribution < -0.4 is 4.74 Å². The van der Waals surface area contributed by atoms with Crippen LogP contribution in [0.25, 0.3) is 0 Å². The fourth-order valence-corrected chi connectivity index (χ4v) is 2.73. The lowest BCUT2D eigenvalue weighted by atomic mass is 10.1. The van der Waals surface area contributed by atoms with E-state index in [9.17, 15) is 14.0 Å². The van der Waals surface area contributed by atoms with Crippen LogP contribution in [0, 0.1) is 24.1 Å². The normalized spacial score (nSPS) is 11.4. The summed E-state index contributed by atoms with van der Waals surface area (Å²) in [5.74, 6) is -3.27. The van der Waals surface area contributed by atoms with Crippen molar-refractivity contribution in [3.63, 3.8) is 0 Å². The van der Waals surface area contributed by atoms with Gasteiger partial charge < -0.3 is 9.47 Å². The van der Waals surface area contributed by atoms with E-state index >= 15 is 0 Å². The second-order valence-electron chi connectivity index (χ2n) is 4.78. The van der Waals surface area contributed by atoms with Crippen LogP contribution in [0.5, 0.6) is 5.75 Å². The third-order valence-electron chi connectivity index (χ3n) is 3.07. The number of hydrogen-bond acceptors (Lipinski definition) is 7. The zero-order valence-corrected chi connectivity index (χ0v) is 13.7. The standard InChI is InChI=1S/C16H13FN2O4S/c1-9-8-24-15(19-9)11(6-18)13(20)7-23-16(21)10-3-4-14(22-2)12(17)5-10/h3-5,8,11H,7H2,1-2H3/t11-/m1/s1. The molecule has 0 bridgehead atoms. The molecule has 2 aromatic rings. The van der Waals surface area contributed by atoms with E-state index in [4.69, 9.17) is 14.7 Å². The molecule has 124 valence electrons. The Bertz CT molecular complexity index is 813. The van der Waals surface area contributed by atoms with Gasteiger partial charge in [0.05, 0.1) is 18.7 Å². The minimum absolute atomic E-state index is 0.00805. The van der Waals surface area contributed by atoms with Crippen LogP contribution in [-0.4, -0.2) is 30.5 Å². The molecule has 0 saturated heterocycles. The molecule has 0 unspecified atom stereocenters. The Morgan fingerprint density at radius 2 is 2.21 bits per heavy atom. The molecule has 0 aliphatic heterocycles. The average Bonchev–Trinajstić information content (AvgIpc) is 2.99. The van der Waals surface area contributed by atoms with Gasteiger partial charge in [-0.25, -0.2) is 14.2 Å². The number of Topliss-reactive ketones (excluding diaryl/α,β-unsaturated/α-hetero) is 1. The molecule has 2 rings (SSSR count). The molecular weight excluding hydrogens is 335 g/mol. The predicted octanol–water partition coefficient (Wildman–Crippen LogP) is 2.63. The van der Waals surface area contributed by atoms with Gasteiger partial charge in [0.1, 0.15) is 5.01 Å². The Hall–Kier alpha value is -2.79. The first-order valence-corrected chi connectivity index (χ1v) is 7.69. The molecule has 0 N–H and O–H groups in total. The van der Waals surface area contributed by atoms with Crippen molar-refractivity contribution < 1.29 is 23.5 Å². The molecule has 0 aliphatic carbocycles. The van der Waals surface area contributed by atoms with E-state index in [0.29, 0.717) is 10.7 Å². The maximum absolute atomic E-state index is 13.6. The lowest BCUT2D eigenvalue weighted by molar-refractivity contribution is -0.122. The number of rotatable bonds is 6. The van der Waals surface area contributed by atoms with Gasteiger partial charge in [-0.05, 0) is 25.1 Å². The number of methoxy groups -OCH3 is 1. The minimum Gasteiger partial charge on any atom is -0.494 e. The number of aromatic nitrogens is 1. The molecule has 0 aliphatic rings. The largest absolute Gasteiger partial charge is 0.494 e. The van der Waals surface area contributed by atoms with E-state index in [1.165, 1.54) is 30.6 Å². The molecule has 0 saturated carbocycles. The molecule has 0 spiro atoms. The van der Waals surface area contributed by atoms with Gasteiger partial charge in [-0.1, -0.05) is 0 Å². The summed E-state index contributed by atoms with van der Waals surface area (Å²) in [5, 5.41) is 11.2. The Morgan fingerprint density at radius 3 is 2.75 bits per heavy atom. The molecule has 0 radical (unpaired) electrons. The number of benzene rings is 1. The molecule has 1 aromatic carbocycles. The van der Waals surface area contributed by atoms with E-state index < -0.39 is 30.1 Å². The Balaban J connectivity index is 2.01. The fourth-order valence-electron chi connectivity index (χ4n) is 1.87. The monoisotopic (exact) mass is 348 g/mol. The highest BCUT2D eigenvalue weighted by molar-refractivity contribution is 7.09. The number of nitriles is 1. The summed E-state index contributed by atoms with van der Waals surface area (Å²) in [7, 11) is 1.30. The smallest absolute Gasteiger partial charge is 0.338 e. The minimum atomic E-state index is -1.09. The van der Waals surface area contributed by atoms with Crippen LogP contribution in [0.2, 0.25) is 0 Å². The van der Waals surface area contributed by atoms with Crippen molar-refractivity contribution >= 4 is 23.1 Å². The maximum atomic E-state index is 13.6. The molecule has 1 atom stereocenters. The van der Waals surface area contributed by atoms with Gasteiger partial charge in [0.15, 0.2) is 29.9 Å². The summed E-state index contributed by atoms with van der Waals surface area (Å²) in [6, 6.07) is 5.41. The number of carbonyl (C=O) groups is 2. The first-order chi connectivity index (χ1) is 11.5. The van der Waals surface area contributed by atoms with Gasteiger partial charge in [0.2, 0.25) is 0 Å². The van der Waals surface area contributed by atoms with Gasteiger partial charge in [-0.2, -0.15) is 5.26 Å². The number of carbonyl (C=O) groups excluding carboxylic acids is 2. The molecule has 1 aromatic heterocycles. The highest BCUT2D eigenvalue weighted by atomic mass is 32.1. The van der Waals surface area contributed by atoms with Crippen LogP contribution in [0.1, 0.15) is 27.0 Å². The summed E-state index contributed by atoms with van der Waals surface area (Å²) in [6.07, 6.45) is 0. The van der Waals surface area contributed by atoms with Crippen molar-refractivity contribution in [2.24, 2.45) is 0 Å². The second kappa shape index (κ2) is 7.66. The molecule has 6 nitrogen and oxygen atoms in total. The maximum Gasteiger partial charge on any atom is 0.338 e. The van der Waals surface area contributed by atoms with Crippen molar-refractivity contribution in [2.75, 3.05) is 13.7 Å². The molecule has 1 heterocycles. The van der Waals surface area contributed by atoms with E-state index in [0.717, 1.165) is 6.07 Å². The number of ketones is 1. The number of ether oxygens (including phenoxy) is 2. The van der Waals surface area contributed by atoms with E-state index in [-0.39, 0.29) is 11.3 Å². The van der Waals surface area contributed by atoms with Crippen LogP contribution >= 0.6 is 11.3 Å². The Morgan fingerprint density at radius 1 is 1.46 bits per heavy atom. The van der Waals surface area contributed by atoms with Crippen LogP contribution in [-0.2, 0) is 9.53 Å². The van der Waals surface area contributed by atoms with Crippen molar-refractivity contribution in [3.05, 3.63) is 45.7 Å². The zero-order chi connectivity index (χ0) is 17.7. The van der Waals surface area contributed by atoms with E-state index in [2.05, 4.69) is 4.98 Å². The van der Waals surface area contributed by atoms with Gasteiger partial charge in [0, 0.05) is 11.1 Å². The second-order valence-corrected chi connectivity index (χ2v) is 5.67. The summed E-state index contributed by atoms with van der Waals surface area (Å²) in [4.78, 5) is 28.0. The van der Waals surface area contributed by atoms with E-state index in [1.807, 2.05) is 6.07 Å². The number of aryl methyl sites for hydroxylation is 1. The zero-order valence-electron chi connectivity index (χ0n) is 12.9. The first kappa shape index (κ1) is 17.6. The molecule has 0 amide bonds. The number of esters is 1. The molecule has 0 fully saturated rings. The first-order valence-electron chi connectivity index (χ1n) is 6.81.